The maximum atomic E-state index is 15.0. The summed E-state index contributed by atoms with van der Waals surface area (Å²) in [6, 6.07) is 7.40. The van der Waals surface area contributed by atoms with Crippen molar-refractivity contribution in [1.82, 2.24) is 15.3 Å². The molecule has 3 heterocycles. The van der Waals surface area contributed by atoms with Gasteiger partial charge in [-0.1, -0.05) is 6.07 Å². The third-order valence-corrected chi connectivity index (χ3v) is 6.87. The van der Waals surface area contributed by atoms with Crippen molar-refractivity contribution in [2.24, 2.45) is 0 Å². The molecular weight excluding hydrogens is 533 g/mol. The molecule has 1 fully saturated rings. The Kier molecular flexibility index (Phi) is 7.72. The quantitative estimate of drug-likeness (QED) is 0.408. The molecule has 3 aromatic rings. The van der Waals surface area contributed by atoms with Crippen molar-refractivity contribution in [3.05, 3.63) is 59.6 Å². The van der Waals surface area contributed by atoms with Crippen molar-refractivity contribution >= 4 is 11.4 Å². The number of nitrogens with zero attached hydrogens (tertiary/aromatic N) is 4. The first-order chi connectivity index (χ1) is 19.0. The summed E-state index contributed by atoms with van der Waals surface area (Å²) in [5.41, 5.74) is 1.30. The molecular formula is C28H30F5N5O2. The highest BCUT2D eigenvalue weighted by molar-refractivity contribution is 5.76. The number of hydrogen-bond acceptors (Lipinski definition) is 7. The molecule has 1 N–H and O–H groups in total. The number of hydrogen-bond donors (Lipinski definition) is 1. The number of alkyl halides is 3. The Labute approximate surface area is 228 Å². The van der Waals surface area contributed by atoms with Gasteiger partial charge in [0.15, 0.2) is 17.3 Å². The Balaban J connectivity index is 1.50. The van der Waals surface area contributed by atoms with E-state index in [1.54, 1.807) is 25.1 Å². The van der Waals surface area contributed by atoms with Gasteiger partial charge in [0.1, 0.15) is 23.4 Å². The van der Waals surface area contributed by atoms with E-state index in [1.807, 2.05) is 23.6 Å². The summed E-state index contributed by atoms with van der Waals surface area (Å²) < 4.78 is 80.0. The molecule has 40 heavy (non-hydrogen) atoms. The molecule has 0 amide bonds. The van der Waals surface area contributed by atoms with E-state index in [4.69, 9.17) is 4.74 Å². The molecule has 0 saturated carbocycles. The number of anilines is 2. The molecule has 1 unspecified atom stereocenters. The lowest BCUT2D eigenvalue weighted by Crippen LogP contribution is -2.43. The van der Waals surface area contributed by atoms with Crippen LogP contribution in [0.1, 0.15) is 32.2 Å². The summed E-state index contributed by atoms with van der Waals surface area (Å²) in [5.74, 6) is -1.66. The zero-order valence-electron chi connectivity index (χ0n) is 22.4. The van der Waals surface area contributed by atoms with E-state index in [9.17, 15) is 17.6 Å². The molecule has 0 bridgehead atoms. The number of fused-ring (bicyclic) bond motifs is 1. The number of nitrogens with one attached hydrogen (secondary N) is 1. The van der Waals surface area contributed by atoms with Crippen molar-refractivity contribution in [1.29, 1.82) is 0 Å². The average Bonchev–Trinajstić information content (AvgIpc) is 2.89. The molecule has 1 aromatic heterocycles. The first kappa shape index (κ1) is 27.9. The molecule has 1 atom stereocenters. The van der Waals surface area contributed by atoms with Crippen LogP contribution in [0.5, 0.6) is 11.5 Å². The minimum Gasteiger partial charge on any atom is -0.483 e. The van der Waals surface area contributed by atoms with Gasteiger partial charge in [-0.15, -0.1) is 13.2 Å². The second-order valence-corrected chi connectivity index (χ2v) is 10.2. The van der Waals surface area contributed by atoms with Crippen LogP contribution in [0.25, 0.3) is 11.3 Å². The third-order valence-electron chi connectivity index (χ3n) is 6.87. The molecule has 2 aliphatic rings. The first-order valence-electron chi connectivity index (χ1n) is 13.1. The van der Waals surface area contributed by atoms with Crippen molar-refractivity contribution in [3.8, 4) is 22.8 Å². The summed E-state index contributed by atoms with van der Waals surface area (Å²) in [6.07, 6.45) is -4.32. The Morgan fingerprint density at radius 1 is 1.07 bits per heavy atom. The van der Waals surface area contributed by atoms with Gasteiger partial charge in [-0.3, -0.25) is 0 Å². The maximum absolute atomic E-state index is 15.0. The van der Waals surface area contributed by atoms with E-state index in [-0.39, 0.29) is 41.1 Å². The van der Waals surface area contributed by atoms with E-state index in [1.165, 1.54) is 6.07 Å². The lowest BCUT2D eigenvalue weighted by molar-refractivity contribution is -0.275. The Bertz CT molecular complexity index is 1380. The molecule has 0 aliphatic carbocycles. The summed E-state index contributed by atoms with van der Waals surface area (Å²) in [4.78, 5) is 12.2. The monoisotopic (exact) mass is 563 g/mol. The number of rotatable bonds is 6. The Morgan fingerprint density at radius 2 is 1.82 bits per heavy atom. The zero-order chi connectivity index (χ0) is 28.6. The van der Waals surface area contributed by atoms with Crippen molar-refractivity contribution in [3.63, 3.8) is 0 Å². The summed E-state index contributed by atoms with van der Waals surface area (Å²) >= 11 is 0. The molecule has 0 radical (unpaired) electrons. The van der Waals surface area contributed by atoms with Gasteiger partial charge in [-0.05, 0) is 50.6 Å². The van der Waals surface area contributed by atoms with Crippen LogP contribution in [0.15, 0.2) is 36.5 Å². The predicted octanol–water partition coefficient (Wildman–Crippen LogP) is 5.32. The molecule has 7 nitrogen and oxygen atoms in total. The molecule has 214 valence electrons. The van der Waals surface area contributed by atoms with Crippen LogP contribution in [0.4, 0.5) is 33.3 Å². The minimum atomic E-state index is -4.99. The van der Waals surface area contributed by atoms with Gasteiger partial charge in [0.05, 0.1) is 24.1 Å². The fourth-order valence-electron chi connectivity index (χ4n) is 5.06. The van der Waals surface area contributed by atoms with Crippen LogP contribution in [0, 0.1) is 11.6 Å². The van der Waals surface area contributed by atoms with Gasteiger partial charge in [0.2, 0.25) is 0 Å². The largest absolute Gasteiger partial charge is 0.573 e. The van der Waals surface area contributed by atoms with Gasteiger partial charge >= 0.3 is 6.36 Å². The number of halogens is 5. The lowest BCUT2D eigenvalue weighted by Gasteiger charge is -2.38. The zero-order valence-corrected chi connectivity index (χ0v) is 22.4. The summed E-state index contributed by atoms with van der Waals surface area (Å²) in [5, 5.41) is 3.23. The van der Waals surface area contributed by atoms with Crippen LogP contribution in [-0.4, -0.2) is 61.2 Å². The molecule has 5 rings (SSSR count). The second-order valence-electron chi connectivity index (χ2n) is 10.2. The molecule has 12 heteroatoms. The standard InChI is InChI=1S/C28H30F5N5O2/c1-16(2)38-15-17(3)39-27-23(38)12-19(13-24(27)40-28(31,32)33)26-21(30)14-35-25(36-26)11-18-4-5-22(20(29)10-18)37-8-6-34-7-9-37/h4-5,10,12-14,16-17,34H,6-9,11,15H2,1-3H3. The predicted molar refractivity (Wildman–Crippen MR) is 141 cm³/mol. The third kappa shape index (κ3) is 6.06. The molecule has 1 saturated heterocycles. The molecule has 2 aromatic carbocycles. The lowest BCUT2D eigenvalue weighted by atomic mass is 10.0. The van der Waals surface area contributed by atoms with Gasteiger partial charge in [0.25, 0.3) is 0 Å². The van der Waals surface area contributed by atoms with Gasteiger partial charge in [-0.2, -0.15) is 0 Å². The Morgan fingerprint density at radius 3 is 2.50 bits per heavy atom. The highest BCUT2D eigenvalue weighted by Crippen LogP contribution is 2.47. The summed E-state index contributed by atoms with van der Waals surface area (Å²) in [6.45, 7) is 8.90. The fourth-order valence-corrected chi connectivity index (χ4v) is 5.06. The van der Waals surface area contributed by atoms with Gasteiger partial charge < -0.3 is 24.6 Å². The second kappa shape index (κ2) is 11.1. The highest BCUT2D eigenvalue weighted by atomic mass is 19.4. The van der Waals surface area contributed by atoms with E-state index in [2.05, 4.69) is 20.0 Å². The summed E-state index contributed by atoms with van der Waals surface area (Å²) in [7, 11) is 0. The normalized spacial score (nSPS) is 17.6. The SMILES string of the molecule is CC1CN(C(C)C)c2cc(-c3nc(Cc4ccc(N5CCNCC5)c(F)c4)ncc3F)cc(OC(F)(F)F)c2O1. The van der Waals surface area contributed by atoms with E-state index in [0.717, 1.165) is 25.4 Å². The molecule has 0 spiro atoms. The van der Waals surface area contributed by atoms with Crippen molar-refractivity contribution in [2.45, 2.75) is 45.7 Å². The van der Waals surface area contributed by atoms with Crippen molar-refractivity contribution < 1.29 is 31.4 Å². The van der Waals surface area contributed by atoms with E-state index in [0.29, 0.717) is 36.6 Å². The topological polar surface area (TPSA) is 62.8 Å². The number of ether oxygens (including phenoxy) is 2. The van der Waals surface area contributed by atoms with E-state index >= 15 is 4.39 Å². The van der Waals surface area contributed by atoms with Crippen LogP contribution >= 0.6 is 0 Å². The van der Waals surface area contributed by atoms with E-state index < -0.39 is 24.0 Å². The van der Waals surface area contributed by atoms with Gasteiger partial charge in [-0.25, -0.2) is 18.7 Å². The van der Waals surface area contributed by atoms with Crippen LogP contribution in [0.3, 0.4) is 0 Å². The number of benzene rings is 2. The van der Waals surface area contributed by atoms with Gasteiger partial charge in [0, 0.05) is 44.2 Å². The Hall–Kier alpha value is -3.67. The number of aromatic nitrogens is 2. The maximum Gasteiger partial charge on any atom is 0.573 e. The first-order valence-corrected chi connectivity index (χ1v) is 13.1. The average molecular weight is 564 g/mol. The fraction of sp³-hybridized carbons (Fsp3) is 0.429. The van der Waals surface area contributed by atoms with Crippen molar-refractivity contribution in [2.75, 3.05) is 42.5 Å². The smallest absolute Gasteiger partial charge is 0.483 e. The minimum absolute atomic E-state index is 0.0664. The van der Waals surface area contributed by atoms with Crippen LogP contribution < -0.4 is 24.6 Å². The van der Waals surface area contributed by atoms with Crippen LogP contribution in [-0.2, 0) is 6.42 Å². The molecule has 2 aliphatic heterocycles. The van der Waals surface area contributed by atoms with Crippen LogP contribution in [0.2, 0.25) is 0 Å². The highest BCUT2D eigenvalue weighted by Gasteiger charge is 2.36. The number of piperazine rings is 1.